The Morgan fingerprint density at radius 3 is 1.13 bits per heavy atom. The fourth-order valence-electron chi connectivity index (χ4n) is 1.69. The number of alkyl halides is 18. The molecule has 0 aromatic heterocycles. The summed E-state index contributed by atoms with van der Waals surface area (Å²) < 4.78 is 262. The Labute approximate surface area is 194 Å². The van der Waals surface area contributed by atoms with Crippen molar-refractivity contribution in [2.24, 2.45) is 0 Å². The van der Waals surface area contributed by atoms with Crippen molar-refractivity contribution in [1.29, 1.82) is 0 Å². The van der Waals surface area contributed by atoms with Crippen LogP contribution in [0.25, 0.3) is 0 Å². The maximum Gasteiger partial charge on any atom is 0.473 e. The highest BCUT2D eigenvalue weighted by molar-refractivity contribution is 7.87. The Morgan fingerprint density at radius 1 is 0.579 bits per heavy atom. The summed E-state index contributed by atoms with van der Waals surface area (Å²) in [6.45, 7) is 0. The molecule has 38 heavy (non-hydrogen) atoms. The normalized spacial score (nSPS) is 16.2. The summed E-state index contributed by atoms with van der Waals surface area (Å²) in [6.07, 6.45) is -33.0. The molecule has 0 amide bonds. The van der Waals surface area contributed by atoms with Gasteiger partial charge in [-0.15, -0.1) is 0 Å². The van der Waals surface area contributed by atoms with Crippen LogP contribution in [0.2, 0.25) is 0 Å². The van der Waals surface area contributed by atoms with Crippen molar-refractivity contribution in [3.05, 3.63) is 0 Å². The van der Waals surface area contributed by atoms with E-state index in [-0.39, 0.29) is 0 Å². The second kappa shape index (κ2) is 9.65. The summed E-state index contributed by atoms with van der Waals surface area (Å²) in [4.78, 5) is 22.5. The SMILES string of the molecule is O=C(CC(C(=O)OC(F)(F)C(F)(F)C(F)(F)C(F)(F)F)S(=O)(=O)O)OC(F)(F)C(F)(F)C(F)(F)C(F)(F)F. The van der Waals surface area contributed by atoms with Gasteiger partial charge >= 0.3 is 60.2 Å². The number of hydrogen-bond acceptors (Lipinski definition) is 6. The van der Waals surface area contributed by atoms with E-state index < -0.39 is 82.0 Å². The molecule has 0 aromatic carbocycles. The van der Waals surface area contributed by atoms with Crippen molar-refractivity contribution >= 4 is 22.1 Å². The van der Waals surface area contributed by atoms with Gasteiger partial charge < -0.3 is 9.47 Å². The Balaban J connectivity index is 6.16. The van der Waals surface area contributed by atoms with Gasteiger partial charge in [-0.05, 0) is 0 Å². The third-order valence-electron chi connectivity index (χ3n) is 3.68. The third kappa shape index (κ3) is 6.24. The van der Waals surface area contributed by atoms with E-state index in [1.54, 1.807) is 0 Å². The van der Waals surface area contributed by atoms with Crippen molar-refractivity contribution in [2.75, 3.05) is 0 Å². The minimum Gasteiger partial charge on any atom is -0.396 e. The molecule has 0 aliphatic rings. The maximum absolute atomic E-state index is 13.3. The fraction of sp³-hybridized carbons (Fsp3) is 0.833. The van der Waals surface area contributed by atoms with E-state index in [2.05, 4.69) is 9.47 Å². The molecular weight excluding hydrogens is 630 g/mol. The summed E-state index contributed by atoms with van der Waals surface area (Å²) in [5, 5.41) is -4.43. The zero-order valence-corrected chi connectivity index (χ0v) is 17.2. The Bertz CT molecular complexity index is 1010. The van der Waals surface area contributed by atoms with Gasteiger partial charge in [0.1, 0.15) is 0 Å². The summed E-state index contributed by atoms with van der Waals surface area (Å²) in [6, 6.07) is 0. The lowest BCUT2D eigenvalue weighted by Crippen LogP contribution is -2.62. The van der Waals surface area contributed by atoms with Crippen molar-refractivity contribution in [3.63, 3.8) is 0 Å². The Morgan fingerprint density at radius 2 is 0.868 bits per heavy atom. The van der Waals surface area contributed by atoms with Gasteiger partial charge in [-0.1, -0.05) is 0 Å². The molecule has 0 aliphatic heterocycles. The van der Waals surface area contributed by atoms with Gasteiger partial charge in [0.15, 0.2) is 5.25 Å². The van der Waals surface area contributed by atoms with E-state index in [0.29, 0.717) is 0 Å². The number of esters is 2. The minimum absolute atomic E-state index is 2.12. The van der Waals surface area contributed by atoms with Gasteiger partial charge in [-0.3, -0.25) is 14.1 Å². The minimum atomic E-state index is -7.82. The zero-order valence-electron chi connectivity index (χ0n) is 16.4. The van der Waals surface area contributed by atoms with Crippen LogP contribution in [0.15, 0.2) is 0 Å². The lowest BCUT2D eigenvalue weighted by atomic mass is 10.1. The molecule has 1 atom stereocenters. The molecule has 0 fully saturated rings. The Hall–Kier alpha value is -2.41. The van der Waals surface area contributed by atoms with Gasteiger partial charge in [-0.2, -0.15) is 87.4 Å². The van der Waals surface area contributed by atoms with Gasteiger partial charge in [0.25, 0.3) is 10.1 Å². The fourth-order valence-corrected chi connectivity index (χ4v) is 2.33. The largest absolute Gasteiger partial charge is 0.473 e. The molecule has 26 heteroatoms. The predicted molar refractivity (Wildman–Crippen MR) is 73.9 cm³/mol. The number of hydrogen-bond donors (Lipinski definition) is 1. The first kappa shape index (κ1) is 35.6. The second-order valence-electron chi connectivity index (χ2n) is 6.43. The van der Waals surface area contributed by atoms with Crippen molar-refractivity contribution < 1.29 is 111 Å². The molecule has 7 nitrogen and oxygen atoms in total. The highest BCUT2D eigenvalue weighted by atomic mass is 32.2. The van der Waals surface area contributed by atoms with Crippen LogP contribution in [0.4, 0.5) is 79.0 Å². The molecule has 0 bridgehead atoms. The smallest absolute Gasteiger partial charge is 0.396 e. The van der Waals surface area contributed by atoms with Gasteiger partial charge in [-0.25, -0.2) is 0 Å². The average Bonchev–Trinajstić information content (AvgIpc) is 2.61. The maximum atomic E-state index is 13.3. The Kier molecular flexibility index (Phi) is 9.04. The van der Waals surface area contributed by atoms with E-state index in [9.17, 15) is 97.0 Å². The van der Waals surface area contributed by atoms with E-state index >= 15 is 0 Å². The van der Waals surface area contributed by atoms with Crippen molar-refractivity contribution in [2.45, 2.75) is 59.9 Å². The quantitative estimate of drug-likeness (QED) is 0.213. The summed E-state index contributed by atoms with van der Waals surface area (Å²) >= 11 is 0. The standard InChI is InChI=1S/C12H4F18O7S/c13-5(14,9(21,22)23)7(17,18)11(27,28)36-3(31)1-2(38(33,34)35)4(32)37-12(29,30)8(19,20)6(15,16)10(24,25)26/h2H,1H2,(H,33,34,35). The summed E-state index contributed by atoms with van der Waals surface area (Å²) in [7, 11) is -6.71. The highest BCUT2D eigenvalue weighted by Gasteiger charge is 2.85. The van der Waals surface area contributed by atoms with Gasteiger partial charge in [0.05, 0.1) is 6.42 Å². The molecule has 0 saturated heterocycles. The second-order valence-corrected chi connectivity index (χ2v) is 8.03. The van der Waals surface area contributed by atoms with E-state index in [4.69, 9.17) is 4.55 Å². The van der Waals surface area contributed by atoms with E-state index in [1.165, 1.54) is 0 Å². The van der Waals surface area contributed by atoms with Crippen LogP contribution in [-0.4, -0.2) is 78.4 Å². The molecule has 0 aliphatic carbocycles. The highest BCUT2D eigenvalue weighted by Crippen LogP contribution is 2.54. The first-order valence-corrected chi connectivity index (χ1v) is 9.43. The molecular formula is C12H4F18O7S. The molecule has 1 unspecified atom stereocenters. The number of ether oxygens (including phenoxy) is 2. The molecule has 226 valence electrons. The van der Waals surface area contributed by atoms with Crippen LogP contribution < -0.4 is 0 Å². The average molecular weight is 634 g/mol. The monoisotopic (exact) mass is 634 g/mol. The first-order valence-electron chi connectivity index (χ1n) is 7.93. The van der Waals surface area contributed by atoms with E-state index in [0.717, 1.165) is 0 Å². The van der Waals surface area contributed by atoms with Crippen LogP contribution in [0.3, 0.4) is 0 Å². The van der Waals surface area contributed by atoms with E-state index in [1.807, 2.05) is 0 Å². The molecule has 0 rings (SSSR count). The molecule has 0 radical (unpaired) electrons. The lowest BCUT2D eigenvalue weighted by molar-refractivity contribution is -0.435. The molecule has 0 saturated carbocycles. The van der Waals surface area contributed by atoms with Gasteiger partial charge in [0.2, 0.25) is 0 Å². The van der Waals surface area contributed by atoms with Crippen molar-refractivity contribution in [3.8, 4) is 0 Å². The predicted octanol–water partition coefficient (Wildman–Crippen LogP) is 4.57. The molecule has 0 heterocycles. The van der Waals surface area contributed by atoms with Crippen molar-refractivity contribution in [1.82, 2.24) is 0 Å². The van der Waals surface area contributed by atoms with Crippen LogP contribution in [-0.2, 0) is 29.2 Å². The lowest BCUT2D eigenvalue weighted by Gasteiger charge is -2.33. The molecule has 0 spiro atoms. The molecule has 1 N–H and O–H groups in total. The molecule has 0 aromatic rings. The number of halogens is 18. The van der Waals surface area contributed by atoms with Crippen LogP contribution in [0.5, 0.6) is 0 Å². The topological polar surface area (TPSA) is 107 Å². The van der Waals surface area contributed by atoms with Crippen LogP contribution in [0, 0.1) is 0 Å². The number of carbonyl (C=O) groups is 2. The number of rotatable bonds is 10. The van der Waals surface area contributed by atoms with Crippen LogP contribution in [0.1, 0.15) is 6.42 Å². The number of carbonyl (C=O) groups excluding carboxylic acids is 2. The van der Waals surface area contributed by atoms with Crippen LogP contribution >= 0.6 is 0 Å². The summed E-state index contributed by atoms with van der Waals surface area (Å²) in [5.74, 6) is -38.6. The first-order chi connectivity index (χ1) is 16.1. The summed E-state index contributed by atoms with van der Waals surface area (Å²) in [5.41, 5.74) is 0. The third-order valence-corrected chi connectivity index (χ3v) is 4.76. The zero-order chi connectivity index (χ0) is 31.4. The van der Waals surface area contributed by atoms with Gasteiger partial charge in [0, 0.05) is 0 Å².